The van der Waals surface area contributed by atoms with E-state index in [9.17, 15) is 4.79 Å². The molecule has 0 unspecified atom stereocenters. The molecule has 7 nitrogen and oxygen atoms in total. The Morgan fingerprint density at radius 3 is 2.77 bits per heavy atom. The Bertz CT molecular complexity index is 1240. The molecule has 0 aliphatic carbocycles. The van der Waals surface area contributed by atoms with Gasteiger partial charge in [-0.15, -0.1) is 0 Å². The van der Waals surface area contributed by atoms with Gasteiger partial charge in [-0.25, -0.2) is 9.97 Å². The molecule has 2 aromatic carbocycles. The number of aryl methyl sites for hydroxylation is 1. The van der Waals surface area contributed by atoms with Gasteiger partial charge in [-0.2, -0.15) is 0 Å². The fraction of sp³-hybridized carbons (Fsp3) is 0.261. The van der Waals surface area contributed by atoms with E-state index in [1.54, 1.807) is 7.11 Å². The number of carbonyl (C=O) groups excluding carboxylic acids is 1. The van der Waals surface area contributed by atoms with Gasteiger partial charge in [0, 0.05) is 30.3 Å². The SMILES string of the molecule is COC(=O)CCCc1nc(NCc2ccc(OC)c(Cl)c2)c2c(n1)[nH]c1ccccc12. The van der Waals surface area contributed by atoms with Crippen molar-refractivity contribution in [1.82, 2.24) is 15.0 Å². The Morgan fingerprint density at radius 2 is 2.00 bits per heavy atom. The van der Waals surface area contributed by atoms with Gasteiger partial charge in [-0.1, -0.05) is 35.9 Å². The van der Waals surface area contributed by atoms with Crippen molar-refractivity contribution in [1.29, 1.82) is 0 Å². The van der Waals surface area contributed by atoms with Crippen molar-refractivity contribution in [3.8, 4) is 5.75 Å². The molecule has 0 fully saturated rings. The molecule has 2 heterocycles. The predicted molar refractivity (Wildman–Crippen MR) is 122 cm³/mol. The summed E-state index contributed by atoms with van der Waals surface area (Å²) in [5.41, 5.74) is 2.76. The maximum Gasteiger partial charge on any atom is 0.305 e. The summed E-state index contributed by atoms with van der Waals surface area (Å²) >= 11 is 6.27. The summed E-state index contributed by atoms with van der Waals surface area (Å²) < 4.78 is 9.94. The first-order valence-corrected chi connectivity index (χ1v) is 10.4. The molecule has 0 aliphatic rings. The molecule has 0 aliphatic heterocycles. The average Bonchev–Trinajstić information content (AvgIpc) is 3.16. The number of carbonyl (C=O) groups is 1. The number of halogens is 1. The van der Waals surface area contributed by atoms with Crippen molar-refractivity contribution in [2.24, 2.45) is 0 Å². The van der Waals surface area contributed by atoms with Crippen LogP contribution in [0.2, 0.25) is 5.02 Å². The topological polar surface area (TPSA) is 89.1 Å². The van der Waals surface area contributed by atoms with E-state index in [0.717, 1.165) is 33.3 Å². The second kappa shape index (κ2) is 9.22. The summed E-state index contributed by atoms with van der Waals surface area (Å²) in [4.78, 5) is 24.3. The Morgan fingerprint density at radius 1 is 1.16 bits per heavy atom. The monoisotopic (exact) mass is 438 g/mol. The third-order valence-corrected chi connectivity index (χ3v) is 5.39. The van der Waals surface area contributed by atoms with Crippen LogP contribution in [-0.2, 0) is 22.5 Å². The summed E-state index contributed by atoms with van der Waals surface area (Å²) in [5.74, 6) is 1.81. The van der Waals surface area contributed by atoms with Crippen LogP contribution in [0.4, 0.5) is 5.82 Å². The summed E-state index contributed by atoms with van der Waals surface area (Å²) in [6.07, 6.45) is 1.52. The number of aromatic nitrogens is 3. The number of hydrogen-bond donors (Lipinski definition) is 2. The van der Waals surface area contributed by atoms with Gasteiger partial charge in [-0.3, -0.25) is 4.79 Å². The first kappa shape index (κ1) is 20.9. The molecule has 2 aromatic heterocycles. The lowest BCUT2D eigenvalue weighted by molar-refractivity contribution is -0.140. The number of methoxy groups -OCH3 is 2. The molecule has 8 heteroatoms. The average molecular weight is 439 g/mol. The number of esters is 1. The minimum absolute atomic E-state index is 0.235. The highest BCUT2D eigenvalue weighted by atomic mass is 35.5. The third kappa shape index (κ3) is 4.56. The van der Waals surface area contributed by atoms with Crippen LogP contribution in [0.15, 0.2) is 42.5 Å². The number of rotatable bonds is 8. The molecule has 31 heavy (non-hydrogen) atoms. The Balaban J connectivity index is 1.65. The summed E-state index contributed by atoms with van der Waals surface area (Å²) in [6.45, 7) is 0.539. The Kier molecular flexibility index (Phi) is 6.23. The first-order valence-electron chi connectivity index (χ1n) is 9.99. The van der Waals surface area contributed by atoms with Gasteiger partial charge in [0.25, 0.3) is 0 Å². The molecular weight excluding hydrogens is 416 g/mol. The molecular formula is C23H23ClN4O3. The van der Waals surface area contributed by atoms with E-state index in [1.807, 2.05) is 42.5 Å². The number of nitrogens with one attached hydrogen (secondary N) is 2. The van der Waals surface area contributed by atoms with Crippen LogP contribution in [0.3, 0.4) is 0 Å². The lowest BCUT2D eigenvalue weighted by atomic mass is 10.1. The summed E-state index contributed by atoms with van der Waals surface area (Å²) in [7, 11) is 2.98. The quantitative estimate of drug-likeness (QED) is 0.381. The van der Waals surface area contributed by atoms with Crippen LogP contribution >= 0.6 is 11.6 Å². The van der Waals surface area contributed by atoms with E-state index in [1.165, 1.54) is 7.11 Å². The van der Waals surface area contributed by atoms with Crippen LogP contribution in [0.5, 0.6) is 5.75 Å². The van der Waals surface area contributed by atoms with Crippen molar-refractivity contribution in [2.75, 3.05) is 19.5 Å². The maximum absolute atomic E-state index is 11.4. The molecule has 2 N–H and O–H groups in total. The second-order valence-corrected chi connectivity index (χ2v) is 7.54. The normalized spacial score (nSPS) is 11.1. The van der Waals surface area contributed by atoms with Gasteiger partial charge in [-0.05, 0) is 30.2 Å². The Hall–Kier alpha value is -3.32. The van der Waals surface area contributed by atoms with Crippen LogP contribution in [0.1, 0.15) is 24.2 Å². The van der Waals surface area contributed by atoms with Gasteiger partial charge in [0.15, 0.2) is 0 Å². The van der Waals surface area contributed by atoms with Gasteiger partial charge in [0.05, 0.1) is 24.6 Å². The number of benzene rings is 2. The third-order valence-electron chi connectivity index (χ3n) is 5.09. The van der Waals surface area contributed by atoms with E-state index >= 15 is 0 Å². The van der Waals surface area contributed by atoms with E-state index in [2.05, 4.69) is 10.3 Å². The molecule has 4 rings (SSSR count). The Labute approximate surface area is 184 Å². The molecule has 0 radical (unpaired) electrons. The van der Waals surface area contributed by atoms with E-state index in [0.29, 0.717) is 42.4 Å². The number of aromatic amines is 1. The zero-order valence-corrected chi connectivity index (χ0v) is 18.1. The highest BCUT2D eigenvalue weighted by Gasteiger charge is 2.14. The molecule has 0 atom stereocenters. The zero-order chi connectivity index (χ0) is 21.8. The maximum atomic E-state index is 11.4. The number of para-hydroxylation sites is 1. The number of anilines is 1. The molecule has 0 spiro atoms. The van der Waals surface area contributed by atoms with Gasteiger partial charge < -0.3 is 19.8 Å². The second-order valence-electron chi connectivity index (χ2n) is 7.13. The summed E-state index contributed by atoms with van der Waals surface area (Å²) in [5, 5.41) is 5.98. The van der Waals surface area contributed by atoms with Gasteiger partial charge >= 0.3 is 5.97 Å². The fourth-order valence-corrected chi connectivity index (χ4v) is 3.81. The van der Waals surface area contributed by atoms with Crippen LogP contribution in [-0.4, -0.2) is 35.1 Å². The summed E-state index contributed by atoms with van der Waals surface area (Å²) in [6, 6.07) is 13.7. The van der Waals surface area contributed by atoms with Crippen molar-refractivity contribution in [3.05, 3.63) is 58.9 Å². The van der Waals surface area contributed by atoms with Crippen molar-refractivity contribution < 1.29 is 14.3 Å². The van der Waals surface area contributed by atoms with Crippen molar-refractivity contribution in [2.45, 2.75) is 25.8 Å². The van der Waals surface area contributed by atoms with Crippen LogP contribution < -0.4 is 10.1 Å². The molecule has 160 valence electrons. The predicted octanol–water partition coefficient (Wildman–Crippen LogP) is 4.88. The van der Waals surface area contributed by atoms with Crippen LogP contribution in [0, 0.1) is 0 Å². The van der Waals surface area contributed by atoms with E-state index in [-0.39, 0.29) is 5.97 Å². The van der Waals surface area contributed by atoms with Crippen molar-refractivity contribution in [3.63, 3.8) is 0 Å². The smallest absolute Gasteiger partial charge is 0.305 e. The standard InChI is InChI=1S/C23H23ClN4O3/c1-30-18-11-10-14(12-16(18)24)13-25-22-21-15-6-3-4-7-17(15)26-23(21)28-19(27-22)8-5-9-20(29)31-2/h3-4,6-7,10-12H,5,8-9,13H2,1-2H3,(H2,25,26,27,28). The van der Waals surface area contributed by atoms with E-state index < -0.39 is 0 Å². The highest BCUT2D eigenvalue weighted by Crippen LogP contribution is 2.31. The molecule has 0 saturated carbocycles. The fourth-order valence-electron chi connectivity index (χ4n) is 3.53. The zero-order valence-electron chi connectivity index (χ0n) is 17.4. The lowest BCUT2D eigenvalue weighted by Crippen LogP contribution is -2.07. The molecule has 4 aromatic rings. The van der Waals surface area contributed by atoms with Gasteiger partial charge in [0.1, 0.15) is 23.0 Å². The number of H-pyrrole nitrogens is 1. The highest BCUT2D eigenvalue weighted by molar-refractivity contribution is 6.32. The van der Waals surface area contributed by atoms with Crippen molar-refractivity contribution >= 4 is 45.3 Å². The van der Waals surface area contributed by atoms with Gasteiger partial charge in [0.2, 0.25) is 0 Å². The minimum Gasteiger partial charge on any atom is -0.495 e. The van der Waals surface area contributed by atoms with Crippen LogP contribution in [0.25, 0.3) is 21.9 Å². The minimum atomic E-state index is -0.235. The molecule has 0 saturated heterocycles. The molecule has 0 amide bonds. The number of nitrogens with zero attached hydrogens (tertiary/aromatic N) is 2. The first-order chi connectivity index (χ1) is 15.1. The molecule has 0 bridgehead atoms. The number of ether oxygens (including phenoxy) is 2. The number of fused-ring (bicyclic) bond motifs is 3. The van der Waals surface area contributed by atoms with E-state index in [4.69, 9.17) is 31.0 Å². The lowest BCUT2D eigenvalue weighted by Gasteiger charge is -2.11. The number of hydrogen-bond acceptors (Lipinski definition) is 6. The largest absolute Gasteiger partial charge is 0.495 e.